The van der Waals surface area contributed by atoms with Gasteiger partial charge in [0, 0.05) is 18.2 Å². The molecule has 0 bridgehead atoms. The average molecular weight is 668 g/mol. The predicted molar refractivity (Wildman–Crippen MR) is 181 cm³/mol. The summed E-state index contributed by atoms with van der Waals surface area (Å²) in [7, 11) is -7.38. The van der Waals surface area contributed by atoms with Gasteiger partial charge in [-0.2, -0.15) is 0 Å². The van der Waals surface area contributed by atoms with Crippen molar-refractivity contribution in [3.63, 3.8) is 0 Å². The van der Waals surface area contributed by atoms with Crippen LogP contribution in [0.4, 0.5) is 11.4 Å². The number of rotatable bonds is 16. The Labute approximate surface area is 271 Å². The van der Waals surface area contributed by atoms with Gasteiger partial charge in [0.15, 0.2) is 0 Å². The van der Waals surface area contributed by atoms with Crippen LogP contribution in [0, 0.1) is 0 Å². The van der Waals surface area contributed by atoms with Crippen molar-refractivity contribution in [1.29, 1.82) is 0 Å². The molecule has 12 heteroatoms. The summed E-state index contributed by atoms with van der Waals surface area (Å²) in [5.74, 6) is 0.0581. The highest BCUT2D eigenvalue weighted by atomic mass is 32.2. The van der Waals surface area contributed by atoms with Gasteiger partial charge in [0.1, 0.15) is 24.2 Å². The van der Waals surface area contributed by atoms with Crippen LogP contribution < -0.4 is 19.1 Å². The number of phenolic OH excluding ortho intramolecular Hbond substituents is 1. The van der Waals surface area contributed by atoms with E-state index >= 15 is 0 Å². The second-order valence-corrected chi connectivity index (χ2v) is 15.4. The van der Waals surface area contributed by atoms with E-state index in [1.54, 1.807) is 30.3 Å². The second kappa shape index (κ2) is 15.0. The summed E-state index contributed by atoms with van der Waals surface area (Å²) in [6.45, 7) is 4.48. The number of anilines is 2. The van der Waals surface area contributed by atoms with Gasteiger partial charge in [-0.05, 0) is 74.2 Å². The molecule has 0 saturated carbocycles. The maximum Gasteiger partial charge on any atom is 0.264 e. The van der Waals surface area contributed by atoms with E-state index in [0.29, 0.717) is 11.4 Å². The summed E-state index contributed by atoms with van der Waals surface area (Å²) in [5.41, 5.74) is 2.16. The Morgan fingerprint density at radius 2 is 1.48 bits per heavy atom. The minimum absolute atomic E-state index is 0.0106. The number of aromatic hydroxyl groups is 1. The number of sulfonamides is 2. The van der Waals surface area contributed by atoms with E-state index in [2.05, 4.69) is 10.0 Å². The fraction of sp³-hybridized carbons (Fsp3) is 0.294. The summed E-state index contributed by atoms with van der Waals surface area (Å²) in [6, 6.07) is 29.6. The Morgan fingerprint density at radius 1 is 0.848 bits per heavy atom. The molecule has 0 aliphatic heterocycles. The molecule has 1 unspecified atom stereocenters. The topological polar surface area (TPSA) is 145 Å². The van der Waals surface area contributed by atoms with Gasteiger partial charge in [-0.1, -0.05) is 60.7 Å². The molecule has 246 valence electrons. The first-order chi connectivity index (χ1) is 21.7. The van der Waals surface area contributed by atoms with E-state index < -0.39 is 26.2 Å². The molecule has 10 nitrogen and oxygen atoms in total. The minimum atomic E-state index is -3.80. The Kier molecular flexibility index (Phi) is 11.3. The van der Waals surface area contributed by atoms with Crippen LogP contribution in [0.15, 0.2) is 108 Å². The Bertz CT molecular complexity index is 1780. The lowest BCUT2D eigenvalue weighted by Crippen LogP contribution is -2.45. The van der Waals surface area contributed by atoms with Crippen LogP contribution in [-0.2, 0) is 33.0 Å². The van der Waals surface area contributed by atoms with Crippen molar-refractivity contribution in [3.8, 4) is 11.5 Å². The summed E-state index contributed by atoms with van der Waals surface area (Å²) in [6.07, 6.45) is 1.60. The van der Waals surface area contributed by atoms with E-state index in [1.165, 1.54) is 22.5 Å². The van der Waals surface area contributed by atoms with E-state index in [0.717, 1.165) is 30.2 Å². The molecule has 0 spiro atoms. The van der Waals surface area contributed by atoms with Gasteiger partial charge < -0.3 is 20.3 Å². The molecule has 0 aliphatic carbocycles. The van der Waals surface area contributed by atoms with Crippen LogP contribution in [-0.4, -0.2) is 58.1 Å². The van der Waals surface area contributed by atoms with Gasteiger partial charge >= 0.3 is 0 Å². The predicted octanol–water partition coefficient (Wildman–Crippen LogP) is 4.90. The van der Waals surface area contributed by atoms with Crippen molar-refractivity contribution in [1.82, 2.24) is 5.32 Å². The smallest absolute Gasteiger partial charge is 0.264 e. The van der Waals surface area contributed by atoms with Crippen LogP contribution in [0.1, 0.15) is 31.4 Å². The monoisotopic (exact) mass is 667 g/mol. The van der Waals surface area contributed by atoms with E-state index in [9.17, 15) is 27.0 Å². The third-order valence-electron chi connectivity index (χ3n) is 7.29. The number of aliphatic hydroxyl groups is 1. The second-order valence-electron chi connectivity index (χ2n) is 11.8. The fourth-order valence-corrected chi connectivity index (χ4v) is 6.73. The third-order valence-corrected chi connectivity index (χ3v) is 9.66. The van der Waals surface area contributed by atoms with Gasteiger partial charge in [-0.3, -0.25) is 9.03 Å². The summed E-state index contributed by atoms with van der Waals surface area (Å²) >= 11 is 0. The van der Waals surface area contributed by atoms with Crippen molar-refractivity contribution in [3.05, 3.63) is 114 Å². The van der Waals surface area contributed by atoms with Gasteiger partial charge in [0.25, 0.3) is 10.0 Å². The molecule has 1 atom stereocenters. The van der Waals surface area contributed by atoms with Gasteiger partial charge in [0.2, 0.25) is 10.0 Å². The SMILES string of the molecule is CC(C)(CCc1ccc(N(Cc2ccccc2)S(=O)(=O)c2ccccc2)cc1)NCC(O)COc1ccc(O)c(NS(C)(=O)=O)c1. The Morgan fingerprint density at radius 3 is 2.11 bits per heavy atom. The molecule has 0 heterocycles. The third kappa shape index (κ3) is 10.2. The fourth-order valence-electron chi connectivity index (χ4n) is 4.69. The standard InChI is InChI=1S/C34H41N3O7S2/c1-34(2,35-23-29(38)25-44-30-18-19-33(39)32(22-30)36-45(3,40)41)21-20-26-14-16-28(17-15-26)37(24-27-10-6-4-7-11-27)46(42,43)31-12-8-5-9-13-31/h4-19,22,29,35-36,38-39H,20-21,23-25H2,1-3H3. The van der Waals surface area contributed by atoms with Gasteiger partial charge in [-0.15, -0.1) is 0 Å². The lowest BCUT2D eigenvalue weighted by Gasteiger charge is -2.28. The number of aliphatic hydroxyl groups excluding tert-OH is 1. The first kappa shape index (κ1) is 34.8. The zero-order valence-corrected chi connectivity index (χ0v) is 27.8. The van der Waals surface area contributed by atoms with Crippen molar-refractivity contribution in [2.45, 2.75) is 49.8 Å². The number of hydrogen-bond acceptors (Lipinski definition) is 8. The molecule has 46 heavy (non-hydrogen) atoms. The number of benzene rings is 4. The van der Waals surface area contributed by atoms with E-state index in [-0.39, 0.29) is 41.6 Å². The molecule has 4 rings (SSSR count). The normalized spacial score (nSPS) is 12.8. The maximum absolute atomic E-state index is 13.7. The Hall–Kier alpha value is -4.10. The highest BCUT2D eigenvalue weighted by Gasteiger charge is 2.25. The lowest BCUT2D eigenvalue weighted by molar-refractivity contribution is 0.0982. The summed E-state index contributed by atoms with van der Waals surface area (Å²) in [5, 5.41) is 23.7. The molecule has 0 aromatic heterocycles. The van der Waals surface area contributed by atoms with Gasteiger partial charge in [0.05, 0.1) is 29.1 Å². The number of hydrogen-bond donors (Lipinski definition) is 4. The lowest BCUT2D eigenvalue weighted by atomic mass is 9.95. The molecule has 4 aromatic carbocycles. The number of aryl methyl sites for hydroxylation is 1. The Balaban J connectivity index is 1.33. The zero-order chi connectivity index (χ0) is 33.4. The molecular formula is C34H41N3O7S2. The first-order valence-corrected chi connectivity index (χ1v) is 18.1. The quantitative estimate of drug-likeness (QED) is 0.124. The molecule has 0 fully saturated rings. The number of ether oxygens (including phenoxy) is 1. The molecule has 4 aromatic rings. The highest BCUT2D eigenvalue weighted by Crippen LogP contribution is 2.29. The van der Waals surface area contributed by atoms with E-state index in [4.69, 9.17) is 4.74 Å². The minimum Gasteiger partial charge on any atom is -0.506 e. The molecule has 0 radical (unpaired) electrons. The van der Waals surface area contributed by atoms with Crippen LogP contribution >= 0.6 is 0 Å². The van der Waals surface area contributed by atoms with Crippen LogP contribution in [0.3, 0.4) is 0 Å². The maximum atomic E-state index is 13.7. The number of phenols is 1. The van der Waals surface area contributed by atoms with Crippen molar-refractivity contribution in [2.75, 3.05) is 28.4 Å². The number of nitrogens with one attached hydrogen (secondary N) is 2. The van der Waals surface area contributed by atoms with Crippen LogP contribution in [0.25, 0.3) is 0 Å². The van der Waals surface area contributed by atoms with Crippen LogP contribution in [0.5, 0.6) is 11.5 Å². The highest BCUT2D eigenvalue weighted by molar-refractivity contribution is 7.92. The molecule has 4 N–H and O–H groups in total. The molecule has 0 aliphatic rings. The van der Waals surface area contributed by atoms with Crippen molar-refractivity contribution >= 4 is 31.4 Å². The first-order valence-electron chi connectivity index (χ1n) is 14.8. The number of β-amino-alcohol motifs (C(OH)–C–C–N with tert-alkyl or cyclic N) is 1. The zero-order valence-electron chi connectivity index (χ0n) is 26.1. The van der Waals surface area contributed by atoms with Crippen molar-refractivity contribution in [2.24, 2.45) is 0 Å². The van der Waals surface area contributed by atoms with E-state index in [1.807, 2.05) is 68.4 Å². The summed E-state index contributed by atoms with van der Waals surface area (Å²) < 4.78 is 59.6. The largest absolute Gasteiger partial charge is 0.506 e. The van der Waals surface area contributed by atoms with Gasteiger partial charge in [-0.25, -0.2) is 16.8 Å². The van der Waals surface area contributed by atoms with Crippen LogP contribution in [0.2, 0.25) is 0 Å². The molecule has 0 amide bonds. The summed E-state index contributed by atoms with van der Waals surface area (Å²) in [4.78, 5) is 0.229. The average Bonchev–Trinajstić information content (AvgIpc) is 3.02. The number of nitrogens with zero attached hydrogens (tertiary/aromatic N) is 1. The molecule has 0 saturated heterocycles. The van der Waals surface area contributed by atoms with Crippen molar-refractivity contribution < 1.29 is 31.8 Å². The molecular weight excluding hydrogens is 627 g/mol.